The molecule has 0 aliphatic carbocycles. The molecule has 0 aliphatic rings. The Morgan fingerprint density at radius 1 is 0.285 bits per heavy atom. The van der Waals surface area contributed by atoms with Crippen LogP contribution >= 0.6 is 12.6 Å². The number of carbonyl (C=O) groups excluding carboxylic acids is 16. The number of aliphatic carboxylic acids is 1. The fourth-order valence-corrected chi connectivity index (χ4v) is 12.0. The van der Waals surface area contributed by atoms with E-state index in [1.165, 1.54) is 41.5 Å². The van der Waals surface area contributed by atoms with Crippen LogP contribution in [0.4, 0.5) is 0 Å². The molecule has 0 bridgehead atoms. The topological polar surface area (TPSA) is 971 Å². The molecule has 0 fully saturated rings. The zero-order chi connectivity index (χ0) is 98.9. The first-order valence-electron chi connectivity index (χ1n) is 42.4. The number of hydrogen-bond acceptors (Lipinski definition) is 27. The van der Waals surface area contributed by atoms with Crippen LogP contribution < -0.4 is 170 Å². The third-order valence-electron chi connectivity index (χ3n) is 19.1. The Labute approximate surface area is 758 Å². The van der Waals surface area contributed by atoms with Gasteiger partial charge in [-0.15, -0.1) is 0 Å². The van der Waals surface area contributed by atoms with E-state index in [-0.39, 0.29) is 173 Å². The van der Waals surface area contributed by atoms with Crippen molar-refractivity contribution in [3.05, 3.63) is 0 Å². The van der Waals surface area contributed by atoms with Crippen LogP contribution in [0.15, 0.2) is 9.98 Å². The van der Waals surface area contributed by atoms with Gasteiger partial charge in [0.1, 0.15) is 90.6 Å². The number of carbonyl (C=O) groups is 17. The van der Waals surface area contributed by atoms with Crippen LogP contribution in [0.1, 0.15) is 170 Å². The number of nitrogens with one attached hydrogen (secondary N) is 23. The highest BCUT2D eigenvalue weighted by molar-refractivity contribution is 7.80. The molecule has 0 aromatic rings. The second kappa shape index (κ2) is 64.6. The number of nitrogens with two attached hydrogens (primary N) is 12. The molecule has 0 unspecified atom stereocenters. The molecule has 0 aromatic heterocycles. The van der Waals surface area contributed by atoms with Crippen molar-refractivity contribution in [1.29, 1.82) is 21.6 Å². The Morgan fingerprint density at radius 2 is 0.485 bits per heavy atom. The van der Waals surface area contributed by atoms with Gasteiger partial charge in [0.05, 0.1) is 6.04 Å². The minimum Gasteiger partial charge on any atom is -0.480 e. The molecule has 0 aromatic carbocycles. The van der Waals surface area contributed by atoms with Crippen molar-refractivity contribution in [3.63, 3.8) is 0 Å². The highest BCUT2D eigenvalue weighted by atomic mass is 32.1. The maximum Gasteiger partial charge on any atom is 0.327 e. The SMILES string of the molecule is C[C@H](N)C(=O)N[C@@H](C)C(=O)N[C@@H](C)C(=O)N[C@@H](CCCN=C(N)N)C(=O)N[C@@H](CCCCN)C(=O)N[C@@H](CCCCN)C(=O)N[C@@H](CCCNC(=N)N)C(=O)N[C@@H](CCCNC(=N)N)C(=O)N[C@@H](CCC(N)=O)C(=O)N[C@@H](CCCNC(=N)N)C(=O)N[C@@H](CCCNC(=N)N)C(=O)N[C@@H](CCCN=C(N)N)C(=O)N[C@@H](C)C(=O)N[C@@H](C)C(=O)N[C@@H](C)C(=O)N[C@@H](CS)C(=O)O. The quantitative estimate of drug-likeness (QED) is 0.0116. The molecule has 0 saturated heterocycles. The molecule has 0 aliphatic heterocycles. The molecular formula is C74H141N37O18S. The smallest absolute Gasteiger partial charge is 0.327 e. The first-order valence-corrected chi connectivity index (χ1v) is 43.0. The van der Waals surface area contributed by atoms with Crippen molar-refractivity contribution < 1.29 is 86.6 Å². The molecule has 0 spiro atoms. The highest BCUT2D eigenvalue weighted by Crippen LogP contribution is 2.14. The van der Waals surface area contributed by atoms with Gasteiger partial charge in [-0.05, 0) is 177 Å². The van der Waals surface area contributed by atoms with Gasteiger partial charge in [0.2, 0.25) is 94.5 Å². The highest BCUT2D eigenvalue weighted by Gasteiger charge is 2.38. The van der Waals surface area contributed by atoms with Crippen LogP contribution in [0.3, 0.4) is 0 Å². The Balaban J connectivity index is 7.88. The third kappa shape index (κ3) is 51.6. The van der Waals surface area contributed by atoms with E-state index < -0.39 is 234 Å². The first-order chi connectivity index (χ1) is 61.1. The van der Waals surface area contributed by atoms with E-state index >= 15 is 0 Å². The lowest BCUT2D eigenvalue weighted by atomic mass is 10.0. The Morgan fingerprint density at radius 3 is 0.700 bits per heavy atom. The maximum atomic E-state index is 15.0. The van der Waals surface area contributed by atoms with Gasteiger partial charge in [0.25, 0.3) is 0 Å². The molecule has 55 nitrogen and oxygen atoms in total. The Kier molecular flexibility index (Phi) is 58.0. The van der Waals surface area contributed by atoms with Gasteiger partial charge in [0.15, 0.2) is 35.8 Å². The summed E-state index contributed by atoms with van der Waals surface area (Å²) in [5, 5.41) is 88.1. The second-order valence-corrected chi connectivity index (χ2v) is 30.8. The van der Waals surface area contributed by atoms with Crippen LogP contribution in [0.5, 0.6) is 0 Å². The van der Waals surface area contributed by atoms with Gasteiger partial charge in [-0.25, -0.2) is 4.79 Å². The van der Waals surface area contributed by atoms with Crippen molar-refractivity contribution in [2.45, 2.75) is 267 Å². The number of guanidine groups is 6. The molecular weight excluding hydrogens is 1730 g/mol. The standard InChI is InChI=1S/C74H141N37O18S/c1-36(77)53(113)97-37(2)54(114)99-40(5)57(117)102-45(20-12-30-92-70(81)82)62(122)104-42(17-7-9-27-75)60(120)103-43(18-8-10-28-76)61(121)106-47(22-14-32-94-72(85)86)64(124)108-49(24-16-34-96-74(89)90)66(126)110-50(25-26-52(78)112)67(127)109-48(23-15-33-95-73(87)88)65(125)107-46(21-13-31-93-71(83)84)63(123)105-44(19-11-29-91-69(79)80)59(119)101-39(4)56(116)98-38(3)55(115)100-41(6)58(118)111-51(35-130)68(128)129/h36-51,130H,7-35,75-77H2,1-6H3,(H2,78,112)(H,97,113)(H,98,116)(H,99,114)(H,100,115)(H,101,119)(H,102,117)(H,103,120)(H,104,122)(H,105,123)(H,106,121)(H,107,125)(H,108,124)(H,109,127)(H,110,126)(H,111,118)(H,128,129)(H4,79,80,91)(H4,81,82,92)(H4,83,84,93)(H4,85,86,94)(H4,87,88,95)(H4,89,90,96)/t36-,37-,38-,39-,40-,41-,42-,43-,44-,45-,46-,47-,48-,49-,50-,51-/m0/s1. The van der Waals surface area contributed by atoms with Gasteiger partial charge in [-0.1, -0.05) is 0 Å². The molecule has 0 radical (unpaired) electrons. The van der Waals surface area contributed by atoms with Crippen molar-refractivity contribution >= 4 is 149 Å². The van der Waals surface area contributed by atoms with Crippen molar-refractivity contribution in [1.82, 2.24) is 101 Å². The van der Waals surface area contributed by atoms with Crippen LogP contribution in [0.25, 0.3) is 0 Å². The average molecular weight is 1870 g/mol. The minimum absolute atomic E-state index is 0.000840. The first kappa shape index (κ1) is 117. The lowest BCUT2D eigenvalue weighted by Gasteiger charge is -2.29. The molecule has 16 atom stereocenters. The number of amides is 16. The molecule has 0 saturated carbocycles. The van der Waals surface area contributed by atoms with E-state index in [9.17, 15) is 86.6 Å². The number of hydrogen-bond donors (Lipinski definition) is 37. The van der Waals surface area contributed by atoms with E-state index in [1.807, 2.05) is 0 Å². The van der Waals surface area contributed by atoms with E-state index in [2.05, 4.69) is 124 Å². The number of unbranched alkanes of at least 4 members (excludes halogenated alkanes) is 2. The maximum absolute atomic E-state index is 15.0. The van der Waals surface area contributed by atoms with Crippen LogP contribution in [0, 0.1) is 21.6 Å². The summed E-state index contributed by atoms with van der Waals surface area (Å²) in [6, 6.07) is -23.3. The zero-order valence-corrected chi connectivity index (χ0v) is 75.3. The summed E-state index contributed by atoms with van der Waals surface area (Å²) < 4.78 is 0. The third-order valence-corrected chi connectivity index (χ3v) is 19.4. The monoisotopic (exact) mass is 1870 g/mol. The van der Waals surface area contributed by atoms with E-state index in [0.29, 0.717) is 12.8 Å². The largest absolute Gasteiger partial charge is 0.480 e. The fraction of sp³-hybridized carbons (Fsp3) is 0.689. The summed E-state index contributed by atoms with van der Waals surface area (Å²) in [6.07, 6.45) is -2.05. The summed E-state index contributed by atoms with van der Waals surface area (Å²) in [7, 11) is 0. The number of nitrogens with zero attached hydrogens (tertiary/aromatic N) is 2. The van der Waals surface area contributed by atoms with E-state index in [1.54, 1.807) is 0 Å². The molecule has 16 amide bonds. The number of rotatable bonds is 67. The second-order valence-electron chi connectivity index (χ2n) is 30.5. The van der Waals surface area contributed by atoms with Gasteiger partial charge < -0.3 is 175 Å². The van der Waals surface area contributed by atoms with Crippen molar-refractivity contribution in [2.24, 2.45) is 78.8 Å². The number of thiol groups is 1. The van der Waals surface area contributed by atoms with Crippen LogP contribution in [0.2, 0.25) is 0 Å². The van der Waals surface area contributed by atoms with E-state index in [0.717, 1.165) is 0 Å². The van der Waals surface area contributed by atoms with Gasteiger partial charge in [-0.3, -0.25) is 108 Å². The van der Waals surface area contributed by atoms with E-state index in [4.69, 9.17) is 90.4 Å². The fourth-order valence-electron chi connectivity index (χ4n) is 11.8. The van der Waals surface area contributed by atoms with Gasteiger partial charge in [-0.2, -0.15) is 12.6 Å². The lowest BCUT2D eigenvalue weighted by Crippen LogP contribution is -2.61. The molecule has 130 heavy (non-hydrogen) atoms. The molecule has 0 heterocycles. The summed E-state index contributed by atoms with van der Waals surface area (Å²) in [5.74, 6) is -19.5. The summed E-state index contributed by atoms with van der Waals surface area (Å²) in [6.45, 7) is 7.63. The predicted molar refractivity (Wildman–Crippen MR) is 483 cm³/mol. The number of carboxylic acids is 1. The minimum atomic E-state index is -1.82. The Bertz CT molecular complexity index is 3840. The normalized spacial score (nSPS) is 14.5. The predicted octanol–water partition coefficient (Wildman–Crippen LogP) is -13.6. The number of aliphatic imine (C=N–C) groups is 2. The lowest BCUT2D eigenvalue weighted by molar-refractivity contribution is -0.141. The molecule has 0 rings (SSSR count). The van der Waals surface area contributed by atoms with Gasteiger partial charge >= 0.3 is 5.97 Å². The summed E-state index contributed by atoms with van der Waals surface area (Å²) in [5.41, 5.74) is 67.4. The molecule has 56 heteroatoms. The molecule has 48 N–H and O–H groups in total. The molecule has 736 valence electrons. The Hall–Kier alpha value is -13.2. The number of primary amides is 1. The average Bonchev–Trinajstić information content (AvgIpc) is 0.857. The van der Waals surface area contributed by atoms with Crippen molar-refractivity contribution in [3.8, 4) is 0 Å². The number of carboxylic acid groups (broad SMARTS) is 1. The zero-order valence-electron chi connectivity index (χ0n) is 74.4. The van der Waals surface area contributed by atoms with Crippen molar-refractivity contribution in [2.75, 3.05) is 58.1 Å². The van der Waals surface area contributed by atoms with Gasteiger partial charge in [0, 0.05) is 51.4 Å². The van der Waals surface area contributed by atoms with Crippen LogP contribution in [-0.2, 0) is 81.5 Å². The summed E-state index contributed by atoms with van der Waals surface area (Å²) >= 11 is 3.90. The van der Waals surface area contributed by atoms with Crippen LogP contribution in [-0.4, -0.2) is 296 Å². The summed E-state index contributed by atoms with van der Waals surface area (Å²) in [4.78, 5) is 243.